The zero-order valence-electron chi connectivity index (χ0n) is 26.6. The SMILES string of the molecule is CCN(CC)c1ccc(C=CC2CC(C=C(Cc3ccccc3)c3ccc(N(CC)CC)cc3)=NN2c2ccccn2)cc1. The number of pyridine rings is 1. The molecule has 1 atom stereocenters. The monoisotopic (exact) mass is 583 g/mol. The van der Waals surface area contributed by atoms with Gasteiger partial charge in [-0.15, -0.1) is 0 Å². The summed E-state index contributed by atoms with van der Waals surface area (Å²) < 4.78 is 0. The summed E-state index contributed by atoms with van der Waals surface area (Å²) in [6.45, 7) is 12.8. The second kappa shape index (κ2) is 15.2. The van der Waals surface area contributed by atoms with E-state index in [-0.39, 0.29) is 6.04 Å². The highest BCUT2D eigenvalue weighted by Crippen LogP contribution is 2.29. The van der Waals surface area contributed by atoms with Crippen LogP contribution in [0.15, 0.2) is 121 Å². The van der Waals surface area contributed by atoms with E-state index in [4.69, 9.17) is 5.10 Å². The van der Waals surface area contributed by atoms with E-state index in [0.29, 0.717) is 0 Å². The molecular weight excluding hydrogens is 538 g/mol. The van der Waals surface area contributed by atoms with E-state index >= 15 is 0 Å². The van der Waals surface area contributed by atoms with Gasteiger partial charge in [0.15, 0.2) is 0 Å². The minimum atomic E-state index is 0.0710. The third kappa shape index (κ3) is 7.65. The first kappa shape index (κ1) is 30.8. The maximum atomic E-state index is 5.14. The van der Waals surface area contributed by atoms with Crippen molar-refractivity contribution in [1.29, 1.82) is 0 Å². The van der Waals surface area contributed by atoms with Crippen LogP contribution in [0.3, 0.4) is 0 Å². The third-order valence-electron chi connectivity index (χ3n) is 8.33. The molecule has 0 aliphatic carbocycles. The van der Waals surface area contributed by atoms with Crippen LogP contribution in [0, 0.1) is 0 Å². The van der Waals surface area contributed by atoms with Gasteiger partial charge in [0.25, 0.3) is 0 Å². The number of anilines is 3. The first-order chi connectivity index (χ1) is 21.6. The molecule has 0 bridgehead atoms. The van der Waals surface area contributed by atoms with Crippen LogP contribution < -0.4 is 14.8 Å². The Hall–Kier alpha value is -4.64. The van der Waals surface area contributed by atoms with Crippen LogP contribution in [0.4, 0.5) is 17.2 Å². The molecule has 44 heavy (non-hydrogen) atoms. The molecule has 226 valence electrons. The summed E-state index contributed by atoms with van der Waals surface area (Å²) in [5, 5.41) is 7.20. The quantitative estimate of drug-likeness (QED) is 0.158. The molecular formula is C39H45N5. The fourth-order valence-electron chi connectivity index (χ4n) is 5.84. The summed E-state index contributed by atoms with van der Waals surface area (Å²) in [7, 11) is 0. The maximum Gasteiger partial charge on any atom is 0.149 e. The lowest BCUT2D eigenvalue weighted by atomic mass is 9.95. The van der Waals surface area contributed by atoms with Gasteiger partial charge >= 0.3 is 0 Å². The predicted octanol–water partition coefficient (Wildman–Crippen LogP) is 8.75. The number of nitrogens with zero attached hydrogens (tertiary/aromatic N) is 5. The summed E-state index contributed by atoms with van der Waals surface area (Å²) in [6, 6.07) is 34.6. The molecule has 1 aromatic heterocycles. The normalized spacial score (nSPS) is 15.1. The number of allylic oxidation sites excluding steroid dienone is 2. The molecule has 2 heterocycles. The summed E-state index contributed by atoms with van der Waals surface area (Å²) in [5.41, 5.74) is 8.53. The van der Waals surface area contributed by atoms with Crippen molar-refractivity contribution < 1.29 is 0 Å². The largest absolute Gasteiger partial charge is 0.372 e. The van der Waals surface area contributed by atoms with E-state index in [1.807, 2.05) is 24.4 Å². The van der Waals surface area contributed by atoms with Gasteiger partial charge in [-0.2, -0.15) is 5.10 Å². The Morgan fingerprint density at radius 2 is 1.36 bits per heavy atom. The van der Waals surface area contributed by atoms with Gasteiger partial charge in [-0.1, -0.05) is 72.8 Å². The molecule has 0 spiro atoms. The average Bonchev–Trinajstić information content (AvgIpc) is 3.49. The molecule has 0 saturated heterocycles. The van der Waals surface area contributed by atoms with Gasteiger partial charge in [0.05, 0.1) is 11.8 Å². The number of hydrogen-bond acceptors (Lipinski definition) is 5. The zero-order chi connectivity index (χ0) is 30.7. The van der Waals surface area contributed by atoms with Gasteiger partial charge in [-0.3, -0.25) is 0 Å². The Morgan fingerprint density at radius 1 is 0.750 bits per heavy atom. The molecule has 0 N–H and O–H groups in total. The van der Waals surface area contributed by atoms with Gasteiger partial charge in [-0.05, 0) is 98.9 Å². The molecule has 5 nitrogen and oxygen atoms in total. The predicted molar refractivity (Wildman–Crippen MR) is 190 cm³/mol. The first-order valence-corrected chi connectivity index (χ1v) is 16.0. The average molecular weight is 584 g/mol. The van der Waals surface area contributed by atoms with E-state index in [1.165, 1.54) is 33.6 Å². The summed E-state index contributed by atoms with van der Waals surface area (Å²) in [6.07, 6.45) is 10.3. The van der Waals surface area contributed by atoms with Crippen LogP contribution >= 0.6 is 0 Å². The Bertz CT molecular complexity index is 1530. The van der Waals surface area contributed by atoms with Gasteiger partial charge in [0, 0.05) is 50.2 Å². The topological polar surface area (TPSA) is 35.0 Å². The molecule has 5 rings (SSSR count). The second-order valence-electron chi connectivity index (χ2n) is 11.1. The van der Waals surface area contributed by atoms with Crippen LogP contribution in [0.25, 0.3) is 11.6 Å². The fraction of sp³-hybridized carbons (Fsp3) is 0.282. The van der Waals surface area contributed by atoms with E-state index in [0.717, 1.165) is 50.6 Å². The van der Waals surface area contributed by atoms with E-state index < -0.39 is 0 Å². The Balaban J connectivity index is 1.44. The van der Waals surface area contributed by atoms with Gasteiger partial charge in [-0.25, -0.2) is 9.99 Å². The number of hydrogen-bond donors (Lipinski definition) is 0. The highest BCUT2D eigenvalue weighted by Gasteiger charge is 2.26. The van der Waals surface area contributed by atoms with Crippen molar-refractivity contribution in [3.05, 3.63) is 132 Å². The van der Waals surface area contributed by atoms with Crippen LogP contribution in [0.2, 0.25) is 0 Å². The van der Waals surface area contributed by atoms with Crippen molar-refractivity contribution in [2.75, 3.05) is 41.0 Å². The minimum Gasteiger partial charge on any atom is -0.372 e. The second-order valence-corrected chi connectivity index (χ2v) is 11.1. The lowest BCUT2D eigenvalue weighted by molar-refractivity contribution is 0.776. The van der Waals surface area contributed by atoms with E-state index in [2.05, 4.69) is 145 Å². The van der Waals surface area contributed by atoms with E-state index in [9.17, 15) is 0 Å². The Morgan fingerprint density at radius 3 is 1.95 bits per heavy atom. The highest BCUT2D eigenvalue weighted by atomic mass is 15.5. The fourth-order valence-corrected chi connectivity index (χ4v) is 5.84. The summed E-state index contributed by atoms with van der Waals surface area (Å²) in [4.78, 5) is 9.40. The molecule has 5 heteroatoms. The minimum absolute atomic E-state index is 0.0710. The van der Waals surface area contributed by atoms with Gasteiger partial charge in [0.1, 0.15) is 5.82 Å². The third-order valence-corrected chi connectivity index (χ3v) is 8.33. The van der Waals surface area contributed by atoms with Crippen molar-refractivity contribution >= 4 is 34.6 Å². The highest BCUT2D eigenvalue weighted by molar-refractivity contribution is 6.03. The van der Waals surface area contributed by atoms with Crippen molar-refractivity contribution in [3.63, 3.8) is 0 Å². The lowest BCUT2D eigenvalue weighted by Gasteiger charge is -2.21. The summed E-state index contributed by atoms with van der Waals surface area (Å²) >= 11 is 0. The van der Waals surface area contributed by atoms with Crippen molar-refractivity contribution in [1.82, 2.24) is 4.98 Å². The van der Waals surface area contributed by atoms with Crippen LogP contribution in [-0.2, 0) is 6.42 Å². The van der Waals surface area contributed by atoms with Crippen LogP contribution in [-0.4, -0.2) is 42.9 Å². The van der Waals surface area contributed by atoms with Crippen LogP contribution in [0.5, 0.6) is 0 Å². The standard InChI is InChI=1S/C39H45N5/c1-5-42(6-2)36-22-17-31(18-23-36)19-24-38-30-35(41-44(38)39-16-12-13-27-40-39)29-34(28-32-14-10-9-11-15-32)33-20-25-37(26-21-33)43(7-3)8-4/h9-27,29,38H,5-8,28,30H2,1-4H3. The van der Waals surface area contributed by atoms with Crippen molar-refractivity contribution in [3.8, 4) is 0 Å². The first-order valence-electron chi connectivity index (χ1n) is 16.0. The molecule has 1 aliphatic heterocycles. The molecule has 0 radical (unpaired) electrons. The lowest BCUT2D eigenvalue weighted by Crippen LogP contribution is -2.24. The smallest absolute Gasteiger partial charge is 0.149 e. The molecule has 1 unspecified atom stereocenters. The number of rotatable bonds is 13. The number of hydrazone groups is 1. The maximum absolute atomic E-state index is 5.14. The molecule has 1 aliphatic rings. The summed E-state index contributed by atoms with van der Waals surface area (Å²) in [5.74, 6) is 0.857. The van der Waals surface area contributed by atoms with Crippen LogP contribution in [0.1, 0.15) is 50.8 Å². The molecule has 4 aromatic rings. The molecule has 0 amide bonds. The molecule has 0 saturated carbocycles. The Kier molecular flexibility index (Phi) is 10.6. The van der Waals surface area contributed by atoms with E-state index in [1.54, 1.807) is 0 Å². The number of aromatic nitrogens is 1. The number of benzene rings is 3. The van der Waals surface area contributed by atoms with Crippen molar-refractivity contribution in [2.45, 2.75) is 46.6 Å². The van der Waals surface area contributed by atoms with Gasteiger partial charge < -0.3 is 9.80 Å². The zero-order valence-corrected chi connectivity index (χ0v) is 26.6. The van der Waals surface area contributed by atoms with Gasteiger partial charge in [0.2, 0.25) is 0 Å². The molecule has 0 fully saturated rings. The van der Waals surface area contributed by atoms with Crippen molar-refractivity contribution in [2.24, 2.45) is 5.10 Å². The Labute approximate surface area is 263 Å². The molecule has 3 aromatic carbocycles.